The standard InChI is InChI=1S/C16H12ClF3N4O/c17-14-5-4-10(8-13(14)16(18,19)20)21-6-7-25-12-3-1-2-11(9-12)23-15-22-24(15)23/h1-5,8-9,21H,6-7H2. The summed E-state index contributed by atoms with van der Waals surface area (Å²) < 4.78 is 46.0. The number of benzene rings is 2. The molecule has 0 unspecified atom stereocenters. The van der Waals surface area contributed by atoms with Gasteiger partial charge < -0.3 is 10.1 Å². The van der Waals surface area contributed by atoms with Gasteiger partial charge in [-0.25, -0.2) is 0 Å². The van der Waals surface area contributed by atoms with Gasteiger partial charge in [0.05, 0.1) is 16.3 Å². The van der Waals surface area contributed by atoms with Gasteiger partial charge in [0.15, 0.2) is 0 Å². The van der Waals surface area contributed by atoms with Crippen LogP contribution in [0, 0.1) is 0 Å². The van der Waals surface area contributed by atoms with E-state index in [1.165, 1.54) is 12.1 Å². The van der Waals surface area contributed by atoms with Crippen molar-refractivity contribution < 1.29 is 17.9 Å². The maximum Gasteiger partial charge on any atom is 0.417 e. The number of halogens is 4. The number of hydrogen-bond donors (Lipinski definition) is 1. The lowest BCUT2D eigenvalue weighted by atomic mass is 10.2. The summed E-state index contributed by atoms with van der Waals surface area (Å²) in [7, 11) is 0. The molecule has 0 aliphatic carbocycles. The molecule has 130 valence electrons. The summed E-state index contributed by atoms with van der Waals surface area (Å²) in [6, 6.07) is 11.2. The van der Waals surface area contributed by atoms with Gasteiger partial charge in [-0.1, -0.05) is 17.7 Å². The lowest BCUT2D eigenvalue weighted by molar-refractivity contribution is -0.137. The fourth-order valence-electron chi connectivity index (χ4n) is 2.39. The van der Waals surface area contributed by atoms with E-state index in [0.717, 1.165) is 17.7 Å². The predicted octanol–water partition coefficient (Wildman–Crippen LogP) is 4.14. The van der Waals surface area contributed by atoms with E-state index in [-0.39, 0.29) is 5.02 Å². The van der Waals surface area contributed by atoms with E-state index in [9.17, 15) is 13.2 Å². The summed E-state index contributed by atoms with van der Waals surface area (Å²) in [4.78, 5) is 1.76. The summed E-state index contributed by atoms with van der Waals surface area (Å²) in [5.74, 6) is 1.61. The van der Waals surface area contributed by atoms with Gasteiger partial charge in [0.1, 0.15) is 12.4 Å². The van der Waals surface area contributed by atoms with Crippen LogP contribution in [0.1, 0.15) is 5.56 Å². The Labute approximate surface area is 145 Å². The SMILES string of the molecule is FC(F)(F)c1cc(NCCOc2cccc(-n3c4nn3-4)c2)ccc1Cl. The predicted molar refractivity (Wildman–Crippen MR) is 86.9 cm³/mol. The quantitative estimate of drug-likeness (QED) is 0.520. The molecule has 2 aromatic rings. The van der Waals surface area contributed by atoms with Crippen molar-refractivity contribution in [3.8, 4) is 17.4 Å². The summed E-state index contributed by atoms with van der Waals surface area (Å²) in [5.41, 5.74) is 0.440. The second-order valence-corrected chi connectivity index (χ2v) is 5.87. The lowest BCUT2D eigenvalue weighted by Gasteiger charge is -2.13. The number of alkyl halides is 3. The fourth-order valence-corrected chi connectivity index (χ4v) is 2.61. The third-order valence-corrected chi connectivity index (χ3v) is 4.03. The lowest BCUT2D eigenvalue weighted by Crippen LogP contribution is -2.13. The monoisotopic (exact) mass is 368 g/mol. The average Bonchev–Trinajstić information content (AvgIpc) is 3.44. The van der Waals surface area contributed by atoms with Gasteiger partial charge in [-0.3, -0.25) is 0 Å². The first kappa shape index (κ1) is 15.9. The van der Waals surface area contributed by atoms with Crippen molar-refractivity contribution in [2.45, 2.75) is 6.18 Å². The van der Waals surface area contributed by atoms with Gasteiger partial charge in [0.25, 0.3) is 5.95 Å². The molecule has 2 aromatic carbocycles. The third-order valence-electron chi connectivity index (χ3n) is 3.70. The van der Waals surface area contributed by atoms with Crippen molar-refractivity contribution in [2.24, 2.45) is 0 Å². The topological polar surface area (TPSA) is 44.0 Å². The largest absolute Gasteiger partial charge is 0.492 e. The van der Waals surface area contributed by atoms with Crippen LogP contribution < -0.4 is 10.1 Å². The zero-order chi connectivity index (χ0) is 17.6. The molecule has 2 aliphatic heterocycles. The van der Waals surface area contributed by atoms with Crippen LogP contribution in [0.5, 0.6) is 5.75 Å². The fraction of sp³-hybridized carbons (Fsp3) is 0.188. The molecule has 0 aromatic heterocycles. The van der Waals surface area contributed by atoms with Gasteiger partial charge in [-0.2, -0.15) is 17.9 Å². The molecule has 0 bridgehead atoms. The minimum Gasteiger partial charge on any atom is -0.492 e. The molecule has 25 heavy (non-hydrogen) atoms. The van der Waals surface area contributed by atoms with Crippen molar-refractivity contribution in [3.05, 3.63) is 53.1 Å². The molecule has 9 heteroatoms. The Balaban J connectivity index is 1.32. The first-order valence-corrected chi connectivity index (χ1v) is 7.83. The van der Waals surface area contributed by atoms with Gasteiger partial charge in [-0.15, -0.1) is 9.90 Å². The van der Waals surface area contributed by atoms with E-state index in [2.05, 4.69) is 10.4 Å². The number of rotatable bonds is 6. The highest BCUT2D eigenvalue weighted by Gasteiger charge is 2.35. The van der Waals surface area contributed by atoms with Crippen molar-refractivity contribution in [2.75, 3.05) is 18.5 Å². The van der Waals surface area contributed by atoms with E-state index in [4.69, 9.17) is 16.3 Å². The van der Waals surface area contributed by atoms with E-state index in [0.29, 0.717) is 24.6 Å². The average molecular weight is 369 g/mol. The maximum absolute atomic E-state index is 12.8. The highest BCUT2D eigenvalue weighted by atomic mass is 35.5. The number of hydrogen-bond acceptors (Lipinski definition) is 3. The van der Waals surface area contributed by atoms with Gasteiger partial charge in [0, 0.05) is 18.3 Å². The summed E-state index contributed by atoms with van der Waals surface area (Å²) in [6.07, 6.45) is -4.48. The van der Waals surface area contributed by atoms with Crippen LogP contribution in [0.4, 0.5) is 18.9 Å². The Morgan fingerprint density at radius 1 is 1.16 bits per heavy atom. The number of aromatic nitrogens is 3. The molecule has 0 radical (unpaired) electrons. The van der Waals surface area contributed by atoms with Crippen molar-refractivity contribution >= 4 is 17.3 Å². The van der Waals surface area contributed by atoms with Gasteiger partial charge in [0.2, 0.25) is 0 Å². The van der Waals surface area contributed by atoms with E-state index in [1.807, 2.05) is 28.9 Å². The first-order valence-electron chi connectivity index (χ1n) is 7.46. The van der Waals surface area contributed by atoms with E-state index >= 15 is 0 Å². The maximum atomic E-state index is 12.8. The molecular weight excluding hydrogens is 357 g/mol. The summed E-state index contributed by atoms with van der Waals surface area (Å²) in [6.45, 7) is 0.657. The summed E-state index contributed by atoms with van der Waals surface area (Å²) >= 11 is 5.59. The molecule has 0 atom stereocenters. The second-order valence-electron chi connectivity index (χ2n) is 5.47. The summed E-state index contributed by atoms with van der Waals surface area (Å²) in [5, 5.41) is 6.54. The number of nitrogens with zero attached hydrogens (tertiary/aromatic N) is 3. The second kappa shape index (κ2) is 5.73. The first-order chi connectivity index (χ1) is 11.9. The molecule has 0 saturated carbocycles. The Kier molecular flexibility index (Phi) is 3.64. The smallest absolute Gasteiger partial charge is 0.417 e. The molecule has 2 heterocycles. The third kappa shape index (κ3) is 3.30. The minimum absolute atomic E-state index is 0.304. The van der Waals surface area contributed by atoms with E-state index in [1.54, 1.807) is 4.80 Å². The number of nitrogens with one attached hydrogen (secondary N) is 1. The molecule has 1 N–H and O–H groups in total. The molecule has 4 rings (SSSR count). The van der Waals surface area contributed by atoms with Crippen LogP contribution in [0.2, 0.25) is 5.02 Å². The van der Waals surface area contributed by atoms with Crippen LogP contribution >= 0.6 is 11.6 Å². The Bertz CT molecular complexity index is 917. The van der Waals surface area contributed by atoms with Crippen LogP contribution in [-0.2, 0) is 6.18 Å². The normalized spacial score (nSPS) is 12.3. The molecule has 0 saturated heterocycles. The van der Waals surface area contributed by atoms with Crippen LogP contribution in [0.3, 0.4) is 0 Å². The van der Waals surface area contributed by atoms with Crippen molar-refractivity contribution in [1.82, 2.24) is 14.6 Å². The molecule has 0 fully saturated rings. The Morgan fingerprint density at radius 2 is 1.96 bits per heavy atom. The van der Waals surface area contributed by atoms with Crippen molar-refractivity contribution in [3.63, 3.8) is 0 Å². The van der Waals surface area contributed by atoms with Crippen LogP contribution in [0.15, 0.2) is 42.5 Å². The number of fused-ring (bicyclic) bond motifs is 1. The highest BCUT2D eigenvalue weighted by molar-refractivity contribution is 6.31. The van der Waals surface area contributed by atoms with Gasteiger partial charge >= 0.3 is 6.18 Å². The molecule has 0 amide bonds. The molecule has 0 spiro atoms. The van der Waals surface area contributed by atoms with Crippen LogP contribution in [-0.4, -0.2) is 27.7 Å². The van der Waals surface area contributed by atoms with Gasteiger partial charge in [-0.05, 0) is 30.3 Å². The number of anilines is 1. The molecule has 2 aliphatic rings. The molecule has 5 nitrogen and oxygen atoms in total. The Hall–Kier alpha value is -2.61. The zero-order valence-electron chi connectivity index (χ0n) is 12.7. The Morgan fingerprint density at radius 3 is 2.64 bits per heavy atom. The van der Waals surface area contributed by atoms with E-state index < -0.39 is 11.7 Å². The van der Waals surface area contributed by atoms with Crippen molar-refractivity contribution in [1.29, 1.82) is 0 Å². The zero-order valence-corrected chi connectivity index (χ0v) is 13.5. The minimum atomic E-state index is -4.48. The van der Waals surface area contributed by atoms with Crippen LogP contribution in [0.25, 0.3) is 11.6 Å². The highest BCUT2D eigenvalue weighted by Crippen LogP contribution is 2.36. The molecular formula is C16H12ClF3N4O. The number of ether oxygens (including phenoxy) is 1.